The number of benzene rings is 3. The molecule has 0 saturated carbocycles. The van der Waals surface area contributed by atoms with Crippen LogP contribution in [-0.2, 0) is 10.8 Å². The third kappa shape index (κ3) is 4.78. The Morgan fingerprint density at radius 1 is 0.610 bits per heavy atom. The van der Waals surface area contributed by atoms with Crippen molar-refractivity contribution >= 4 is 21.8 Å². The minimum Gasteiger partial charge on any atom is -0.507 e. The van der Waals surface area contributed by atoms with E-state index in [-0.39, 0.29) is 16.6 Å². The Kier molecular flexibility index (Phi) is 6.26. The minimum absolute atomic E-state index is 0.0141. The highest BCUT2D eigenvalue weighted by Gasteiger charge is 2.25. The zero-order chi connectivity index (χ0) is 29.1. The van der Waals surface area contributed by atoms with E-state index in [1.807, 2.05) is 49.4 Å². The molecule has 0 fully saturated rings. The van der Waals surface area contributed by atoms with Crippen molar-refractivity contribution in [2.24, 2.45) is 0 Å². The van der Waals surface area contributed by atoms with E-state index in [1.165, 1.54) is 21.9 Å². The topological polar surface area (TPSA) is 50.9 Å². The van der Waals surface area contributed by atoms with Gasteiger partial charge in [-0.15, -0.1) is 0 Å². The first-order valence-electron chi connectivity index (χ1n) is 14.2. The highest BCUT2D eigenvalue weighted by Crippen LogP contribution is 2.43. The molecule has 0 aliphatic heterocycles. The van der Waals surface area contributed by atoms with Crippen LogP contribution in [0.5, 0.6) is 5.75 Å². The first-order valence-corrected chi connectivity index (χ1v) is 14.2. The fraction of sp³-hybridized carbons (Fsp3) is 0.243. The average molecular weight is 540 g/mol. The van der Waals surface area contributed by atoms with Crippen molar-refractivity contribution in [1.29, 1.82) is 0 Å². The lowest BCUT2D eigenvalue weighted by molar-refractivity contribution is 0.477. The van der Waals surface area contributed by atoms with Crippen molar-refractivity contribution in [2.75, 3.05) is 0 Å². The Morgan fingerprint density at radius 2 is 1.29 bits per heavy atom. The largest absolute Gasteiger partial charge is 0.507 e. The fourth-order valence-electron chi connectivity index (χ4n) is 5.70. The Morgan fingerprint density at radius 3 is 1.98 bits per heavy atom. The van der Waals surface area contributed by atoms with Crippen LogP contribution in [0.4, 0.5) is 0 Å². The standard InChI is InChI=1S/C37H37N3O/c1-23-12-10-14-30(38-23)31-15-11-17-35(39-31)40-32-19-18-24(36(2,3)4)20-27(32)28-21-29(37(5,6)7)26(22-33(28)40)25-13-8-9-16-34(25)41/h8-22,41H,1-7H3. The summed E-state index contributed by atoms with van der Waals surface area (Å²) in [6, 6.07) is 31.1. The number of hydrogen-bond donors (Lipinski definition) is 1. The van der Waals surface area contributed by atoms with Crippen molar-refractivity contribution in [2.45, 2.75) is 59.3 Å². The molecule has 1 N–H and O–H groups in total. The van der Waals surface area contributed by atoms with Crippen LogP contribution in [-0.4, -0.2) is 19.6 Å². The summed E-state index contributed by atoms with van der Waals surface area (Å²) in [6.07, 6.45) is 0. The van der Waals surface area contributed by atoms with E-state index in [0.29, 0.717) is 0 Å². The predicted molar refractivity (Wildman–Crippen MR) is 171 cm³/mol. The molecule has 0 amide bonds. The molecule has 0 spiro atoms. The number of aromatic nitrogens is 3. The van der Waals surface area contributed by atoms with E-state index in [0.717, 1.165) is 45.1 Å². The molecule has 3 heterocycles. The normalized spacial score (nSPS) is 12.4. The molecule has 0 radical (unpaired) electrons. The molecule has 41 heavy (non-hydrogen) atoms. The van der Waals surface area contributed by atoms with E-state index in [2.05, 4.69) is 88.6 Å². The van der Waals surface area contributed by atoms with Crippen molar-refractivity contribution in [3.05, 3.63) is 108 Å². The molecule has 0 atom stereocenters. The SMILES string of the molecule is Cc1cccc(-c2cccc(-n3c4ccc(C(C)(C)C)cc4c4cc(C(C)(C)C)c(-c5ccccc5O)cc43)n2)n1. The molecule has 0 aliphatic rings. The molecule has 0 saturated heterocycles. The zero-order valence-corrected chi connectivity index (χ0v) is 24.9. The summed E-state index contributed by atoms with van der Waals surface area (Å²) < 4.78 is 2.26. The lowest BCUT2D eigenvalue weighted by Crippen LogP contribution is -2.13. The average Bonchev–Trinajstić information content (AvgIpc) is 3.24. The van der Waals surface area contributed by atoms with Crippen molar-refractivity contribution in [3.8, 4) is 34.1 Å². The lowest BCUT2D eigenvalue weighted by atomic mass is 9.80. The number of phenols is 1. The maximum Gasteiger partial charge on any atom is 0.138 e. The molecule has 0 aliphatic carbocycles. The maximum atomic E-state index is 10.9. The molecular formula is C37H37N3O. The van der Waals surface area contributed by atoms with E-state index in [1.54, 1.807) is 6.07 Å². The second-order valence-corrected chi connectivity index (χ2v) is 13.0. The number of aromatic hydroxyl groups is 1. The number of para-hydroxylation sites is 1. The van der Waals surface area contributed by atoms with Crippen molar-refractivity contribution < 1.29 is 5.11 Å². The molecule has 6 aromatic rings. The molecule has 4 heteroatoms. The summed E-state index contributed by atoms with van der Waals surface area (Å²) >= 11 is 0. The highest BCUT2D eigenvalue weighted by molar-refractivity contribution is 6.11. The summed E-state index contributed by atoms with van der Waals surface area (Å²) in [5, 5.41) is 13.3. The number of rotatable bonds is 3. The van der Waals surface area contributed by atoms with Gasteiger partial charge in [0.2, 0.25) is 0 Å². The highest BCUT2D eigenvalue weighted by atomic mass is 16.3. The van der Waals surface area contributed by atoms with Crippen LogP contribution in [0.25, 0.3) is 50.1 Å². The van der Waals surface area contributed by atoms with E-state index in [9.17, 15) is 5.11 Å². The second kappa shape index (κ2) is 9.59. The van der Waals surface area contributed by atoms with Gasteiger partial charge in [-0.2, -0.15) is 0 Å². The monoisotopic (exact) mass is 539 g/mol. The summed E-state index contributed by atoms with van der Waals surface area (Å²) in [5.74, 6) is 1.11. The van der Waals surface area contributed by atoms with Crippen LogP contribution in [0.1, 0.15) is 58.4 Å². The number of nitrogens with zero attached hydrogens (tertiary/aromatic N) is 3. The molecule has 3 aromatic carbocycles. The molecule has 6 rings (SSSR count). The Balaban J connectivity index is 1.73. The third-order valence-corrected chi connectivity index (χ3v) is 7.89. The number of hydrogen-bond acceptors (Lipinski definition) is 3. The Hall–Kier alpha value is -4.44. The van der Waals surface area contributed by atoms with Gasteiger partial charge in [0.1, 0.15) is 11.6 Å². The van der Waals surface area contributed by atoms with Gasteiger partial charge in [-0.25, -0.2) is 4.98 Å². The fourth-order valence-corrected chi connectivity index (χ4v) is 5.70. The smallest absolute Gasteiger partial charge is 0.138 e. The van der Waals surface area contributed by atoms with Gasteiger partial charge in [-0.3, -0.25) is 9.55 Å². The van der Waals surface area contributed by atoms with Crippen LogP contribution in [0.2, 0.25) is 0 Å². The summed E-state index contributed by atoms with van der Waals surface area (Å²) in [5.41, 5.74) is 9.02. The van der Waals surface area contributed by atoms with Crippen LogP contribution in [0.3, 0.4) is 0 Å². The van der Waals surface area contributed by atoms with E-state index in [4.69, 9.17) is 9.97 Å². The van der Waals surface area contributed by atoms with Gasteiger partial charge in [0.15, 0.2) is 0 Å². The van der Waals surface area contributed by atoms with Gasteiger partial charge in [-0.1, -0.05) is 77.9 Å². The molecule has 206 valence electrons. The third-order valence-electron chi connectivity index (χ3n) is 7.89. The summed E-state index contributed by atoms with van der Waals surface area (Å²) in [6.45, 7) is 15.5. The Bertz CT molecular complexity index is 1930. The number of phenolic OH excluding ortho intramolecular Hbond substituents is 1. The molecule has 3 aromatic heterocycles. The maximum absolute atomic E-state index is 10.9. The van der Waals surface area contributed by atoms with Gasteiger partial charge in [0, 0.05) is 22.0 Å². The number of aryl methyl sites for hydroxylation is 1. The van der Waals surface area contributed by atoms with Crippen LogP contribution >= 0.6 is 0 Å². The van der Waals surface area contributed by atoms with Gasteiger partial charge in [-0.05, 0) is 89.0 Å². The Labute approximate surface area is 242 Å². The lowest BCUT2D eigenvalue weighted by Gasteiger charge is -2.24. The van der Waals surface area contributed by atoms with E-state index >= 15 is 0 Å². The first-order chi connectivity index (χ1) is 19.4. The van der Waals surface area contributed by atoms with Crippen LogP contribution < -0.4 is 0 Å². The van der Waals surface area contributed by atoms with Gasteiger partial charge in [0.25, 0.3) is 0 Å². The zero-order valence-electron chi connectivity index (χ0n) is 24.9. The number of fused-ring (bicyclic) bond motifs is 3. The minimum atomic E-state index is -0.142. The molecule has 0 unspecified atom stereocenters. The second-order valence-electron chi connectivity index (χ2n) is 13.0. The first kappa shape index (κ1) is 26.8. The van der Waals surface area contributed by atoms with Crippen LogP contribution in [0, 0.1) is 6.92 Å². The summed E-state index contributed by atoms with van der Waals surface area (Å²) in [4.78, 5) is 9.87. The van der Waals surface area contributed by atoms with Crippen LogP contribution in [0.15, 0.2) is 91.0 Å². The molecule has 4 nitrogen and oxygen atoms in total. The molecular weight excluding hydrogens is 502 g/mol. The van der Waals surface area contributed by atoms with E-state index < -0.39 is 0 Å². The summed E-state index contributed by atoms with van der Waals surface area (Å²) in [7, 11) is 0. The van der Waals surface area contributed by atoms with Gasteiger partial charge < -0.3 is 5.11 Å². The van der Waals surface area contributed by atoms with Crippen molar-refractivity contribution in [1.82, 2.24) is 14.5 Å². The van der Waals surface area contributed by atoms with Crippen molar-refractivity contribution in [3.63, 3.8) is 0 Å². The number of pyridine rings is 2. The predicted octanol–water partition coefficient (Wildman–Crippen LogP) is 9.52. The molecule has 0 bridgehead atoms. The van der Waals surface area contributed by atoms with Gasteiger partial charge in [0.05, 0.1) is 22.4 Å². The quantitative estimate of drug-likeness (QED) is 0.244. The van der Waals surface area contributed by atoms with Gasteiger partial charge >= 0.3 is 0 Å².